The molecule has 2 aromatic rings. The van der Waals surface area contributed by atoms with E-state index in [4.69, 9.17) is 4.74 Å². The monoisotopic (exact) mass is 484 g/mol. The minimum absolute atomic E-state index is 0.115. The van der Waals surface area contributed by atoms with E-state index in [1.165, 1.54) is 42.0 Å². The van der Waals surface area contributed by atoms with Crippen molar-refractivity contribution in [3.05, 3.63) is 59.7 Å². The largest absolute Gasteiger partial charge is 0.497 e. The summed E-state index contributed by atoms with van der Waals surface area (Å²) < 4.78 is 33.5. The van der Waals surface area contributed by atoms with Crippen molar-refractivity contribution in [3.8, 4) is 5.75 Å². The molecule has 0 aromatic heterocycles. The van der Waals surface area contributed by atoms with Crippen molar-refractivity contribution in [2.24, 2.45) is 5.41 Å². The second-order valence-corrected chi connectivity index (χ2v) is 11.9. The van der Waals surface area contributed by atoms with Crippen LogP contribution in [0.3, 0.4) is 0 Å². The second-order valence-electron chi connectivity index (χ2n) is 9.94. The molecule has 6 nitrogen and oxygen atoms in total. The van der Waals surface area contributed by atoms with Gasteiger partial charge < -0.3 is 10.1 Å². The molecule has 1 saturated carbocycles. The van der Waals surface area contributed by atoms with Crippen LogP contribution < -0.4 is 10.1 Å². The van der Waals surface area contributed by atoms with E-state index < -0.39 is 15.4 Å². The summed E-state index contributed by atoms with van der Waals surface area (Å²) in [6, 6.07) is 15.0. The average molecular weight is 485 g/mol. The van der Waals surface area contributed by atoms with E-state index in [2.05, 4.69) is 5.32 Å². The molecule has 1 aliphatic carbocycles. The minimum Gasteiger partial charge on any atom is -0.497 e. The topological polar surface area (TPSA) is 75.7 Å². The third-order valence-corrected chi connectivity index (χ3v) is 9.28. The molecule has 0 unspecified atom stereocenters. The first-order valence-electron chi connectivity index (χ1n) is 12.3. The molecule has 0 spiro atoms. The summed E-state index contributed by atoms with van der Waals surface area (Å²) in [6.45, 7) is 2.89. The molecule has 2 fully saturated rings. The van der Waals surface area contributed by atoms with Gasteiger partial charge in [-0.3, -0.25) is 4.79 Å². The van der Waals surface area contributed by atoms with Gasteiger partial charge in [0.15, 0.2) is 0 Å². The Morgan fingerprint density at radius 2 is 1.71 bits per heavy atom. The van der Waals surface area contributed by atoms with Gasteiger partial charge >= 0.3 is 0 Å². The van der Waals surface area contributed by atoms with Crippen molar-refractivity contribution < 1.29 is 17.9 Å². The zero-order chi connectivity index (χ0) is 24.2. The van der Waals surface area contributed by atoms with Crippen LogP contribution in [0.15, 0.2) is 53.4 Å². The Kier molecular flexibility index (Phi) is 7.63. The van der Waals surface area contributed by atoms with Gasteiger partial charge in [-0.2, -0.15) is 4.31 Å². The molecule has 1 heterocycles. The summed E-state index contributed by atoms with van der Waals surface area (Å²) in [4.78, 5) is 13.4. The van der Waals surface area contributed by atoms with Gasteiger partial charge in [-0.05, 0) is 73.9 Å². The second kappa shape index (κ2) is 10.5. The summed E-state index contributed by atoms with van der Waals surface area (Å²) in [7, 11) is -2.03. The maximum absolute atomic E-state index is 13.4. The third-order valence-electron chi connectivity index (χ3n) is 7.42. The van der Waals surface area contributed by atoms with E-state index >= 15 is 0 Å². The SMILES string of the molecule is COc1ccc(CNC(=O)[C@@]2(C)CCCN(S(=O)(=O)c3ccc(C4CCCCC4)cc3)C2)cc1. The number of hydrogen-bond acceptors (Lipinski definition) is 4. The normalized spacial score (nSPS) is 22.3. The maximum atomic E-state index is 13.4. The highest BCUT2D eigenvalue weighted by atomic mass is 32.2. The zero-order valence-corrected chi connectivity index (χ0v) is 21.1. The number of ether oxygens (including phenoxy) is 1. The van der Waals surface area contributed by atoms with Crippen LogP contribution in [0.1, 0.15) is 68.9 Å². The number of sulfonamides is 1. The van der Waals surface area contributed by atoms with Crippen LogP contribution in [0.25, 0.3) is 0 Å². The summed E-state index contributed by atoms with van der Waals surface area (Å²) in [5.41, 5.74) is 1.44. The molecule has 1 N–H and O–H groups in total. The highest BCUT2D eigenvalue weighted by molar-refractivity contribution is 7.89. The summed E-state index contributed by atoms with van der Waals surface area (Å²) in [5.74, 6) is 1.19. The van der Waals surface area contributed by atoms with Crippen molar-refractivity contribution in [2.75, 3.05) is 20.2 Å². The predicted molar refractivity (Wildman–Crippen MR) is 133 cm³/mol. The van der Waals surface area contributed by atoms with Crippen LogP contribution in [0, 0.1) is 5.41 Å². The highest BCUT2D eigenvalue weighted by Gasteiger charge is 2.41. The number of methoxy groups -OCH3 is 1. The fraction of sp³-hybridized carbons (Fsp3) is 0.519. The van der Waals surface area contributed by atoms with E-state index in [0.29, 0.717) is 36.7 Å². The van der Waals surface area contributed by atoms with E-state index in [1.54, 1.807) is 19.2 Å². The fourth-order valence-corrected chi connectivity index (χ4v) is 6.82. The molecule has 184 valence electrons. The number of rotatable bonds is 7. The molecule has 2 aromatic carbocycles. The summed E-state index contributed by atoms with van der Waals surface area (Å²) in [6.07, 6.45) is 7.48. The lowest BCUT2D eigenvalue weighted by atomic mass is 9.82. The molecule has 1 saturated heterocycles. The predicted octanol–water partition coefficient (Wildman–Crippen LogP) is 4.85. The van der Waals surface area contributed by atoms with E-state index in [-0.39, 0.29) is 12.5 Å². The first-order valence-corrected chi connectivity index (χ1v) is 13.8. The molecule has 2 aliphatic rings. The Hall–Kier alpha value is -2.38. The molecular formula is C27H36N2O4S. The van der Waals surface area contributed by atoms with Crippen LogP contribution in [0.5, 0.6) is 5.75 Å². The fourth-order valence-electron chi connectivity index (χ4n) is 5.22. The Morgan fingerprint density at radius 3 is 2.35 bits per heavy atom. The van der Waals surface area contributed by atoms with Crippen LogP contribution in [-0.2, 0) is 21.4 Å². The van der Waals surface area contributed by atoms with E-state index in [1.807, 2.05) is 43.3 Å². The zero-order valence-electron chi connectivity index (χ0n) is 20.3. The number of carbonyl (C=O) groups is 1. The summed E-state index contributed by atoms with van der Waals surface area (Å²) in [5, 5.41) is 3.00. The van der Waals surface area contributed by atoms with Crippen LogP contribution in [0.2, 0.25) is 0 Å². The number of piperidine rings is 1. The first-order chi connectivity index (χ1) is 16.3. The molecule has 1 amide bonds. The molecule has 34 heavy (non-hydrogen) atoms. The molecule has 1 atom stereocenters. The molecule has 7 heteroatoms. The lowest BCUT2D eigenvalue weighted by molar-refractivity contribution is -0.132. The van der Waals surface area contributed by atoms with Crippen molar-refractivity contribution in [3.63, 3.8) is 0 Å². The molecule has 0 radical (unpaired) electrons. The number of nitrogens with one attached hydrogen (secondary N) is 1. The van der Waals surface area contributed by atoms with Gasteiger partial charge in [0.05, 0.1) is 17.4 Å². The van der Waals surface area contributed by atoms with Gasteiger partial charge in [-0.25, -0.2) is 8.42 Å². The standard InChI is InChI=1S/C27H36N2O4S/c1-27(26(30)28-19-21-9-13-24(33-2)14-10-21)17-6-18-29(20-27)34(31,32)25-15-11-23(12-16-25)22-7-4-3-5-8-22/h9-16,22H,3-8,17-20H2,1-2H3,(H,28,30)/t27-/m0/s1. The van der Waals surface area contributed by atoms with Crippen molar-refractivity contribution in [1.29, 1.82) is 0 Å². The van der Waals surface area contributed by atoms with Gasteiger partial charge in [0.1, 0.15) is 5.75 Å². The minimum atomic E-state index is -3.65. The number of carbonyl (C=O) groups excluding carboxylic acids is 1. The Balaban J connectivity index is 1.41. The van der Waals surface area contributed by atoms with Crippen molar-refractivity contribution >= 4 is 15.9 Å². The number of nitrogens with zero attached hydrogens (tertiary/aromatic N) is 1. The van der Waals surface area contributed by atoms with Gasteiger partial charge in [0.2, 0.25) is 15.9 Å². The average Bonchev–Trinajstić information content (AvgIpc) is 2.88. The smallest absolute Gasteiger partial charge is 0.243 e. The summed E-state index contributed by atoms with van der Waals surface area (Å²) >= 11 is 0. The third kappa shape index (κ3) is 5.47. The maximum Gasteiger partial charge on any atom is 0.243 e. The van der Waals surface area contributed by atoms with Gasteiger partial charge in [-0.1, -0.05) is 43.5 Å². The van der Waals surface area contributed by atoms with Gasteiger partial charge in [0.25, 0.3) is 0 Å². The van der Waals surface area contributed by atoms with Crippen molar-refractivity contribution in [1.82, 2.24) is 9.62 Å². The van der Waals surface area contributed by atoms with Gasteiger partial charge in [-0.15, -0.1) is 0 Å². The number of benzene rings is 2. The van der Waals surface area contributed by atoms with Crippen LogP contribution in [-0.4, -0.2) is 38.8 Å². The molecule has 1 aliphatic heterocycles. The van der Waals surface area contributed by atoms with Crippen LogP contribution >= 0.6 is 0 Å². The molecule has 4 rings (SSSR count). The highest BCUT2D eigenvalue weighted by Crippen LogP contribution is 2.35. The molecular weight excluding hydrogens is 448 g/mol. The lowest BCUT2D eigenvalue weighted by Gasteiger charge is -2.38. The van der Waals surface area contributed by atoms with E-state index in [9.17, 15) is 13.2 Å². The Morgan fingerprint density at radius 1 is 1.03 bits per heavy atom. The number of amides is 1. The van der Waals surface area contributed by atoms with Crippen molar-refractivity contribution in [2.45, 2.75) is 69.2 Å². The molecule has 0 bridgehead atoms. The number of hydrogen-bond donors (Lipinski definition) is 1. The first kappa shape index (κ1) is 24.7. The van der Waals surface area contributed by atoms with Gasteiger partial charge in [0, 0.05) is 19.6 Å². The Labute approximate surface area is 203 Å². The Bertz CT molecular complexity index is 1080. The van der Waals surface area contributed by atoms with Crippen LogP contribution in [0.4, 0.5) is 0 Å². The quantitative estimate of drug-likeness (QED) is 0.610. The lowest BCUT2D eigenvalue weighted by Crippen LogP contribution is -2.51. The van der Waals surface area contributed by atoms with E-state index in [0.717, 1.165) is 11.3 Å².